The molecule has 1 N–H and O–H groups in total. The van der Waals surface area contributed by atoms with Crippen molar-refractivity contribution in [2.45, 2.75) is 19.8 Å². The fourth-order valence-corrected chi connectivity index (χ4v) is 0.373. The molecule has 0 aliphatic rings. The number of rotatable bonds is 4. The van der Waals surface area contributed by atoms with Crippen LogP contribution in [0.1, 0.15) is 19.8 Å². The van der Waals surface area contributed by atoms with Crippen LogP contribution in [0.2, 0.25) is 0 Å². The van der Waals surface area contributed by atoms with Crippen LogP contribution in [0.15, 0.2) is 0 Å². The van der Waals surface area contributed by atoms with E-state index < -0.39 is 5.97 Å². The molecular formula is C9H19O2Zn3-. The van der Waals surface area contributed by atoms with E-state index in [-0.39, 0.29) is 87.1 Å². The van der Waals surface area contributed by atoms with E-state index in [1.165, 1.54) is 0 Å². The fourth-order valence-electron chi connectivity index (χ4n) is 0.373. The summed E-state index contributed by atoms with van der Waals surface area (Å²) in [5, 5.41) is 8.09. The molecule has 0 saturated carbocycles. The van der Waals surface area contributed by atoms with Gasteiger partial charge in [0.2, 0.25) is 0 Å². The molecule has 0 rings (SSSR count). The van der Waals surface area contributed by atoms with E-state index in [9.17, 15) is 4.79 Å². The first-order valence-corrected chi connectivity index (χ1v) is 2.58. The number of carbonyl (C=O) groups is 1. The van der Waals surface area contributed by atoms with Gasteiger partial charge in [-0.3, -0.25) is 4.79 Å². The molecule has 0 radical (unpaired) electrons. The summed E-state index contributed by atoms with van der Waals surface area (Å²) in [5.74, 6) is -0.758. The second-order valence-corrected chi connectivity index (χ2v) is 1.53. The van der Waals surface area contributed by atoms with Gasteiger partial charge in [-0.2, -0.15) is 6.92 Å². The fraction of sp³-hybridized carbons (Fsp3) is 0.333. The van der Waals surface area contributed by atoms with Gasteiger partial charge in [-0.05, 0) is 0 Å². The van der Waals surface area contributed by atoms with Crippen molar-refractivity contribution in [3.8, 4) is 0 Å². The van der Waals surface area contributed by atoms with Crippen molar-refractivity contribution in [3.05, 3.63) is 35.1 Å². The van der Waals surface area contributed by atoms with Crippen molar-refractivity contribution < 1.29 is 68.3 Å². The molecule has 2 nitrogen and oxygen atoms in total. The summed E-state index contributed by atoms with van der Waals surface area (Å²) in [5.41, 5.74) is 0. The molecular weight excluding hydrogens is 336 g/mol. The van der Waals surface area contributed by atoms with Crippen molar-refractivity contribution >= 4 is 5.97 Å². The predicted molar refractivity (Wildman–Crippen MR) is 50.4 cm³/mol. The van der Waals surface area contributed by atoms with E-state index in [0.29, 0.717) is 0 Å². The predicted octanol–water partition coefficient (Wildman–Crippen LogP) is 2.62. The summed E-state index contributed by atoms with van der Waals surface area (Å²) >= 11 is 0. The van der Waals surface area contributed by atoms with Gasteiger partial charge in [0.15, 0.2) is 0 Å². The van der Waals surface area contributed by atoms with Crippen LogP contribution in [-0.2, 0) is 63.2 Å². The first-order chi connectivity index (χ1) is 3.77. The molecule has 0 unspecified atom stereocenters. The summed E-state index contributed by atoms with van der Waals surface area (Å²) in [6.45, 7) is 1.90. The van der Waals surface area contributed by atoms with Crippen molar-refractivity contribution in [3.63, 3.8) is 0 Å². The van der Waals surface area contributed by atoms with Crippen LogP contribution in [0, 0.1) is 35.1 Å². The molecule has 0 aromatic carbocycles. The minimum absolute atomic E-state index is 0. The van der Waals surface area contributed by atoms with Gasteiger partial charge in [-0.15, -0.1) is 0 Å². The number of aliphatic carboxylic acids is 1. The average Bonchev–Trinajstić information content (AvgIpc) is 1.66. The van der Waals surface area contributed by atoms with Crippen LogP contribution in [-0.4, -0.2) is 11.1 Å². The maximum absolute atomic E-state index is 9.83. The molecule has 5 heteroatoms. The standard InChI is InChI=1S/C6H10O2.3CH3.3Zn/c1-2-3-4-5-6(7)8;;;;;;/h2,4H,3,5H2,1H3,(H,7,8);3*1H3;;;/q-2;3*-1;;2*+2. The van der Waals surface area contributed by atoms with Gasteiger partial charge < -0.3 is 46.6 Å². The summed E-state index contributed by atoms with van der Waals surface area (Å²) in [7, 11) is 0. The zero-order valence-corrected chi connectivity index (χ0v) is 18.9. The van der Waals surface area contributed by atoms with Gasteiger partial charge in [0, 0.05) is 19.5 Å². The normalized spacial score (nSPS) is 5.21. The smallest absolute Gasteiger partial charge is 0.483 e. The zero-order valence-electron chi connectivity index (χ0n) is 10.0. The van der Waals surface area contributed by atoms with Gasteiger partial charge in [0.25, 0.3) is 5.97 Å². The molecule has 0 atom stereocenters. The van der Waals surface area contributed by atoms with Gasteiger partial charge in [0.05, 0.1) is 0 Å². The van der Waals surface area contributed by atoms with Crippen molar-refractivity contribution in [2.24, 2.45) is 0 Å². The van der Waals surface area contributed by atoms with Crippen LogP contribution in [0.5, 0.6) is 0 Å². The second kappa shape index (κ2) is 36.7. The van der Waals surface area contributed by atoms with Crippen molar-refractivity contribution in [1.29, 1.82) is 0 Å². The van der Waals surface area contributed by atoms with E-state index in [0.717, 1.165) is 6.42 Å². The quantitative estimate of drug-likeness (QED) is 0.478. The Bertz CT molecular complexity index is 80.5. The first-order valence-electron chi connectivity index (χ1n) is 2.58. The molecule has 0 spiro atoms. The van der Waals surface area contributed by atoms with Gasteiger partial charge in [-0.1, -0.05) is 6.42 Å². The molecule has 0 aromatic heterocycles. The second-order valence-electron chi connectivity index (χ2n) is 1.53. The number of unbranched alkanes of at least 4 members (excludes halogenated alkanes) is 2. The maximum atomic E-state index is 9.83. The minimum atomic E-state index is -0.758. The summed E-state index contributed by atoms with van der Waals surface area (Å²) in [4.78, 5) is 9.83. The summed E-state index contributed by atoms with van der Waals surface area (Å²) in [6, 6.07) is 0. The monoisotopic (exact) mass is 351 g/mol. The van der Waals surface area contributed by atoms with Crippen LogP contribution < -0.4 is 0 Å². The Kier molecular flexibility index (Phi) is 119. The Morgan fingerprint density at radius 3 is 1.79 bits per heavy atom. The minimum Gasteiger partial charge on any atom is -0.483 e. The number of hydrogen-bond donors (Lipinski definition) is 1. The maximum Gasteiger partial charge on any atom is 2.00 e. The van der Waals surface area contributed by atoms with Crippen LogP contribution in [0.25, 0.3) is 0 Å². The molecule has 0 amide bonds. The molecule has 0 aliphatic carbocycles. The van der Waals surface area contributed by atoms with E-state index >= 15 is 0 Å². The molecule has 0 saturated heterocycles. The third-order valence-electron chi connectivity index (χ3n) is 0.721. The van der Waals surface area contributed by atoms with Gasteiger partial charge in [-0.25, -0.2) is 0 Å². The molecule has 74 valence electrons. The topological polar surface area (TPSA) is 37.3 Å². The molecule has 0 heterocycles. The third kappa shape index (κ3) is 50.5. The van der Waals surface area contributed by atoms with Crippen LogP contribution in [0.4, 0.5) is 0 Å². The summed E-state index contributed by atoms with van der Waals surface area (Å²) < 4.78 is 0. The van der Waals surface area contributed by atoms with E-state index in [2.05, 4.69) is 0 Å². The molecule has 14 heavy (non-hydrogen) atoms. The number of carboxylic acids is 1. The first kappa shape index (κ1) is 45.4. The number of carboxylic acid groups (broad SMARTS) is 1. The largest absolute Gasteiger partial charge is 2.00 e. The Labute approximate surface area is 128 Å². The van der Waals surface area contributed by atoms with Crippen molar-refractivity contribution in [2.75, 3.05) is 0 Å². The Morgan fingerprint density at radius 2 is 1.57 bits per heavy atom. The van der Waals surface area contributed by atoms with Gasteiger partial charge in [0.1, 0.15) is 0 Å². The van der Waals surface area contributed by atoms with Crippen molar-refractivity contribution in [1.82, 2.24) is 0 Å². The molecule has 0 aliphatic heterocycles. The van der Waals surface area contributed by atoms with E-state index in [4.69, 9.17) is 5.11 Å². The molecule has 0 aromatic rings. The molecule has 0 bridgehead atoms. The van der Waals surface area contributed by atoms with Crippen LogP contribution in [0.3, 0.4) is 0 Å². The Balaban J connectivity index is -0.0000000163. The van der Waals surface area contributed by atoms with E-state index in [1.807, 2.05) is 13.3 Å². The van der Waals surface area contributed by atoms with E-state index in [1.54, 1.807) is 6.42 Å². The Hall–Kier alpha value is 1.34. The molecule has 0 fully saturated rings. The average molecular weight is 355 g/mol. The zero-order chi connectivity index (χ0) is 6.41. The SMILES string of the molecule is C[CH-]C[CH-]CC(=O)O.[CH3-].[CH3-].[CH3-].[Zn+2].[Zn+2].[Zn]. The Morgan fingerprint density at radius 1 is 1.21 bits per heavy atom. The van der Waals surface area contributed by atoms with Gasteiger partial charge >= 0.3 is 39.0 Å². The third-order valence-corrected chi connectivity index (χ3v) is 0.721. The van der Waals surface area contributed by atoms with Crippen LogP contribution >= 0.6 is 0 Å². The summed E-state index contributed by atoms with van der Waals surface area (Å²) in [6.07, 6.45) is 4.60. The number of hydrogen-bond acceptors (Lipinski definition) is 1.